The van der Waals surface area contributed by atoms with Gasteiger partial charge in [-0.25, -0.2) is 0 Å². The summed E-state index contributed by atoms with van der Waals surface area (Å²) in [5, 5.41) is 3.14. The molecule has 2 saturated heterocycles. The third-order valence-electron chi connectivity index (χ3n) is 4.16. The maximum absolute atomic E-state index is 5.22. The number of fused-ring (bicyclic) bond motifs is 1. The Morgan fingerprint density at radius 2 is 0.794 bits per heavy atom. The van der Waals surface area contributed by atoms with Crippen LogP contribution in [-0.4, -0.2) is 120 Å². The Kier molecular flexibility index (Phi) is 24.5. The van der Waals surface area contributed by atoms with Crippen LogP contribution in [0.1, 0.15) is 0 Å². The number of hydrogen-bond acceptors (Lipinski definition) is 8. The van der Waals surface area contributed by atoms with Gasteiger partial charge in [0.15, 0.2) is 0 Å². The van der Waals surface area contributed by atoms with Crippen LogP contribution >= 0.6 is 13.8 Å². The fourth-order valence-corrected chi connectivity index (χ4v) is 12.1. The fraction of sp³-hybridized carbons (Fsp3) is 0.727. The zero-order chi connectivity index (χ0) is 23.1. The molecule has 188 valence electrons. The first kappa shape index (κ1) is 32.8. The van der Waals surface area contributed by atoms with Crippen LogP contribution in [0.3, 0.4) is 0 Å². The summed E-state index contributed by atoms with van der Waals surface area (Å²) in [6, 6.07) is 8.75. The van der Waals surface area contributed by atoms with E-state index in [4.69, 9.17) is 37.9 Å². The predicted molar refractivity (Wildman–Crippen MR) is 132 cm³/mol. The van der Waals surface area contributed by atoms with Crippen molar-refractivity contribution in [3.8, 4) is 0 Å². The SMILES string of the molecule is C1COCCOCCOCCO1.C1COCCOCCOCCO1.[Li+].c1ccc2c(c1)P=[As][P-]2. The molecule has 2 fully saturated rings. The second kappa shape index (κ2) is 25.4. The molecule has 0 amide bonds. The van der Waals surface area contributed by atoms with Crippen molar-refractivity contribution in [2.75, 3.05) is 106 Å². The molecule has 1 aromatic rings. The summed E-state index contributed by atoms with van der Waals surface area (Å²) in [6.45, 7) is 11.9. The van der Waals surface area contributed by atoms with Gasteiger partial charge in [0.2, 0.25) is 0 Å². The Bertz CT molecular complexity index is 508. The molecule has 0 aromatic heterocycles. The molecule has 34 heavy (non-hydrogen) atoms. The molecule has 0 unspecified atom stereocenters. The van der Waals surface area contributed by atoms with Crippen molar-refractivity contribution in [1.29, 1.82) is 0 Å². The molecule has 3 heterocycles. The summed E-state index contributed by atoms with van der Waals surface area (Å²) >= 11 is 0.582. The van der Waals surface area contributed by atoms with Gasteiger partial charge in [0.05, 0.1) is 106 Å². The van der Waals surface area contributed by atoms with E-state index >= 15 is 0 Å². The van der Waals surface area contributed by atoms with E-state index in [9.17, 15) is 0 Å². The molecular weight excluding hydrogens is 536 g/mol. The maximum atomic E-state index is 5.22. The fourth-order valence-electron chi connectivity index (χ4n) is 2.51. The molecule has 1 aromatic carbocycles. The second-order valence-corrected chi connectivity index (χ2v) is 14.7. The third kappa shape index (κ3) is 19.0. The normalized spacial score (nSPS) is 22.2. The molecule has 0 saturated carbocycles. The first-order chi connectivity index (χ1) is 16.5. The molecule has 8 nitrogen and oxygen atoms in total. The van der Waals surface area contributed by atoms with Crippen LogP contribution in [0.25, 0.3) is 0 Å². The van der Waals surface area contributed by atoms with Gasteiger partial charge in [-0.1, -0.05) is 0 Å². The molecule has 0 N–H and O–H groups in total. The van der Waals surface area contributed by atoms with E-state index in [-0.39, 0.29) is 18.9 Å². The second-order valence-electron chi connectivity index (χ2n) is 6.68. The molecule has 3 aliphatic rings. The Balaban J connectivity index is 0.000000253. The van der Waals surface area contributed by atoms with Gasteiger partial charge in [-0.05, 0) is 0 Å². The van der Waals surface area contributed by atoms with Gasteiger partial charge >= 0.3 is 81.9 Å². The average Bonchev–Trinajstić information content (AvgIpc) is 3.30. The Morgan fingerprint density at radius 1 is 0.500 bits per heavy atom. The monoisotopic (exact) mass is 572 g/mol. The number of benzene rings is 1. The van der Waals surface area contributed by atoms with Crippen molar-refractivity contribution in [2.24, 2.45) is 0 Å². The molecule has 3 aliphatic heterocycles. The third-order valence-corrected chi connectivity index (χ3v) is 12.4. The van der Waals surface area contributed by atoms with Crippen molar-refractivity contribution < 1.29 is 56.8 Å². The van der Waals surface area contributed by atoms with Crippen LogP contribution in [-0.2, 0) is 37.9 Å². The van der Waals surface area contributed by atoms with Gasteiger partial charge in [-0.15, -0.1) is 0 Å². The van der Waals surface area contributed by atoms with Gasteiger partial charge in [-0.3, -0.25) is 0 Å². The van der Waals surface area contributed by atoms with Crippen molar-refractivity contribution in [3.05, 3.63) is 24.3 Å². The molecule has 0 atom stereocenters. The van der Waals surface area contributed by atoms with E-state index in [0.29, 0.717) is 120 Å². The summed E-state index contributed by atoms with van der Waals surface area (Å²) < 4.78 is 41.7. The molecule has 0 aliphatic carbocycles. The Morgan fingerprint density at radius 3 is 1.09 bits per heavy atom. The van der Waals surface area contributed by atoms with Crippen molar-refractivity contribution in [3.63, 3.8) is 0 Å². The van der Waals surface area contributed by atoms with Gasteiger partial charge in [0.25, 0.3) is 0 Å². The van der Waals surface area contributed by atoms with Crippen LogP contribution in [0.5, 0.6) is 0 Å². The molecule has 12 heteroatoms. The summed E-state index contributed by atoms with van der Waals surface area (Å²) in [4.78, 5) is 0. The zero-order valence-corrected chi connectivity index (χ0v) is 23.9. The van der Waals surface area contributed by atoms with Gasteiger partial charge in [0.1, 0.15) is 0 Å². The summed E-state index contributed by atoms with van der Waals surface area (Å²) in [5.41, 5.74) is 0. The van der Waals surface area contributed by atoms with E-state index in [1.165, 1.54) is 0 Å². The topological polar surface area (TPSA) is 73.8 Å². The van der Waals surface area contributed by atoms with Crippen LogP contribution in [0.15, 0.2) is 24.3 Å². The zero-order valence-electron chi connectivity index (χ0n) is 20.2. The van der Waals surface area contributed by atoms with E-state index in [1.54, 1.807) is 24.4 Å². The first-order valence-electron chi connectivity index (χ1n) is 11.3. The van der Waals surface area contributed by atoms with Gasteiger partial charge < -0.3 is 37.9 Å². The van der Waals surface area contributed by atoms with Crippen molar-refractivity contribution in [1.82, 2.24) is 0 Å². The predicted octanol–water partition coefficient (Wildman–Crippen LogP) is -1.49. The van der Waals surface area contributed by atoms with Crippen LogP contribution in [0.4, 0.5) is 0 Å². The van der Waals surface area contributed by atoms with Crippen LogP contribution in [0.2, 0.25) is 0 Å². The Labute approximate surface area is 224 Å². The van der Waals surface area contributed by atoms with E-state index in [1.807, 2.05) is 0 Å². The number of hydrogen-bond donors (Lipinski definition) is 0. The van der Waals surface area contributed by atoms with Crippen LogP contribution in [0, 0.1) is 0 Å². The molecule has 0 bridgehead atoms. The molecular formula is C22H36AsLiO8P2. The average molecular weight is 572 g/mol. The van der Waals surface area contributed by atoms with E-state index in [0.717, 1.165) is 0 Å². The van der Waals surface area contributed by atoms with E-state index < -0.39 is 0 Å². The minimum absolute atomic E-state index is 0. The number of rotatable bonds is 0. The van der Waals surface area contributed by atoms with Crippen LogP contribution < -0.4 is 29.5 Å². The summed E-state index contributed by atoms with van der Waals surface area (Å²) in [7, 11) is 1.61. The minimum atomic E-state index is 0. The first-order valence-corrected chi connectivity index (χ1v) is 18.0. The summed E-state index contributed by atoms with van der Waals surface area (Å²) in [5.74, 6) is 0. The van der Waals surface area contributed by atoms with Crippen molar-refractivity contribution in [2.45, 2.75) is 0 Å². The van der Waals surface area contributed by atoms with Crippen molar-refractivity contribution >= 4 is 38.8 Å². The summed E-state index contributed by atoms with van der Waals surface area (Å²) in [6.07, 6.45) is 0. The molecule has 0 radical (unpaired) electrons. The molecule has 0 spiro atoms. The van der Waals surface area contributed by atoms with Gasteiger partial charge in [0, 0.05) is 0 Å². The van der Waals surface area contributed by atoms with E-state index in [2.05, 4.69) is 24.3 Å². The standard InChI is InChI=1S/2C8H16O4.C6H4AsP2.Li/c2*1-2-10-5-6-12-8-7-11-4-3-9-1;1-2-4-6-5(3-1)8-7-9-6;/h2*1-8H2;1-4H;/q;;-1;+1. The van der Waals surface area contributed by atoms with Gasteiger partial charge in [-0.2, -0.15) is 0 Å². The number of ether oxygens (including phenoxy) is 8. The Hall–Kier alpha value is 0.786. The molecule has 4 rings (SSSR count). The quantitative estimate of drug-likeness (QED) is 0.276.